The molecule has 1 aromatic rings. The zero-order valence-electron chi connectivity index (χ0n) is 9.18. The van der Waals surface area contributed by atoms with Gasteiger partial charge in [0.2, 0.25) is 0 Å². The Balaban J connectivity index is 2.50. The first-order valence-electron chi connectivity index (χ1n) is 5.05. The number of benzene rings is 1. The zero-order chi connectivity index (χ0) is 13.1. The van der Waals surface area contributed by atoms with Crippen molar-refractivity contribution in [3.8, 4) is 5.75 Å². The molecular weight excluding hydrogens is 238 g/mol. The van der Waals surface area contributed by atoms with Crippen LogP contribution in [0.4, 0.5) is 17.6 Å². The number of phenols is 1. The number of nitrogens with one attached hydrogen (secondary N) is 1. The maximum Gasteiger partial charge on any atom is 0.390 e. The summed E-state index contributed by atoms with van der Waals surface area (Å²) in [4.78, 5) is 0. The number of alkyl halides is 3. The fraction of sp³-hybridized carbons (Fsp3) is 0.455. The highest BCUT2D eigenvalue weighted by atomic mass is 19.4. The standard InChI is InChI=1S/C11H13F4NO/c1-7(5-11(13,14)15)16-6-8-2-9(12)4-10(17)3-8/h2-4,7,16-17H,5-6H2,1H3. The molecule has 0 spiro atoms. The SMILES string of the molecule is CC(CC(F)(F)F)NCc1cc(O)cc(F)c1. The summed E-state index contributed by atoms with van der Waals surface area (Å²) in [7, 11) is 0. The van der Waals surface area contributed by atoms with Gasteiger partial charge in [-0.2, -0.15) is 13.2 Å². The molecule has 0 aromatic heterocycles. The number of halogens is 4. The summed E-state index contributed by atoms with van der Waals surface area (Å²) in [5.41, 5.74) is 0.400. The Hall–Kier alpha value is -1.30. The van der Waals surface area contributed by atoms with E-state index >= 15 is 0 Å². The maximum absolute atomic E-state index is 12.9. The van der Waals surface area contributed by atoms with Gasteiger partial charge in [-0.25, -0.2) is 4.39 Å². The third-order valence-corrected chi connectivity index (χ3v) is 2.13. The van der Waals surface area contributed by atoms with E-state index in [2.05, 4.69) is 5.32 Å². The molecule has 0 aliphatic carbocycles. The molecule has 1 rings (SSSR count). The highest BCUT2D eigenvalue weighted by Crippen LogP contribution is 2.21. The minimum absolute atomic E-state index is 0.0720. The van der Waals surface area contributed by atoms with Crippen LogP contribution in [-0.4, -0.2) is 17.3 Å². The molecule has 96 valence electrons. The molecule has 0 saturated carbocycles. The minimum Gasteiger partial charge on any atom is -0.508 e. The number of hydrogen-bond donors (Lipinski definition) is 2. The summed E-state index contributed by atoms with van der Waals surface area (Å²) >= 11 is 0. The Morgan fingerprint density at radius 3 is 2.47 bits per heavy atom. The Morgan fingerprint density at radius 1 is 1.29 bits per heavy atom. The van der Waals surface area contributed by atoms with Crippen molar-refractivity contribution in [2.24, 2.45) is 0 Å². The molecule has 0 heterocycles. The fourth-order valence-corrected chi connectivity index (χ4v) is 1.45. The summed E-state index contributed by atoms with van der Waals surface area (Å²) in [6.07, 6.45) is -5.18. The molecule has 2 nitrogen and oxygen atoms in total. The molecule has 6 heteroatoms. The van der Waals surface area contributed by atoms with E-state index in [1.54, 1.807) is 0 Å². The highest BCUT2D eigenvalue weighted by Gasteiger charge is 2.29. The number of rotatable bonds is 4. The summed E-state index contributed by atoms with van der Waals surface area (Å²) in [5, 5.41) is 11.7. The van der Waals surface area contributed by atoms with E-state index in [0.29, 0.717) is 5.56 Å². The van der Waals surface area contributed by atoms with Crippen molar-refractivity contribution in [1.29, 1.82) is 0 Å². The molecule has 0 bridgehead atoms. The average Bonchev–Trinajstić information content (AvgIpc) is 2.10. The summed E-state index contributed by atoms with van der Waals surface area (Å²) in [5.74, 6) is -0.865. The van der Waals surface area contributed by atoms with Crippen LogP contribution in [0.5, 0.6) is 5.75 Å². The molecule has 0 fully saturated rings. The van der Waals surface area contributed by atoms with E-state index in [-0.39, 0.29) is 12.3 Å². The second-order valence-electron chi connectivity index (χ2n) is 3.92. The monoisotopic (exact) mass is 251 g/mol. The minimum atomic E-state index is -4.23. The average molecular weight is 251 g/mol. The van der Waals surface area contributed by atoms with Crippen LogP contribution in [0.3, 0.4) is 0 Å². The Bertz CT molecular complexity index is 358. The van der Waals surface area contributed by atoms with Crippen LogP contribution in [0.2, 0.25) is 0 Å². The van der Waals surface area contributed by atoms with Crippen molar-refractivity contribution in [3.05, 3.63) is 29.6 Å². The molecule has 1 unspecified atom stereocenters. The molecule has 1 aromatic carbocycles. The van der Waals surface area contributed by atoms with E-state index in [0.717, 1.165) is 12.1 Å². The zero-order valence-corrected chi connectivity index (χ0v) is 9.18. The largest absolute Gasteiger partial charge is 0.508 e. The van der Waals surface area contributed by atoms with Crippen LogP contribution in [0.1, 0.15) is 18.9 Å². The van der Waals surface area contributed by atoms with Gasteiger partial charge < -0.3 is 10.4 Å². The quantitative estimate of drug-likeness (QED) is 0.806. The molecular formula is C11H13F4NO. The van der Waals surface area contributed by atoms with E-state index in [1.807, 2.05) is 0 Å². The Kier molecular flexibility index (Phi) is 4.34. The smallest absolute Gasteiger partial charge is 0.390 e. The van der Waals surface area contributed by atoms with Gasteiger partial charge in [-0.15, -0.1) is 0 Å². The van der Waals surface area contributed by atoms with Gasteiger partial charge in [0.15, 0.2) is 0 Å². The van der Waals surface area contributed by atoms with Gasteiger partial charge in [-0.05, 0) is 24.6 Å². The Labute approximate surface area is 96.3 Å². The first-order valence-corrected chi connectivity index (χ1v) is 5.05. The van der Waals surface area contributed by atoms with Crippen LogP contribution in [-0.2, 0) is 6.54 Å². The molecule has 0 aliphatic heterocycles. The van der Waals surface area contributed by atoms with Crippen LogP contribution in [0, 0.1) is 5.82 Å². The molecule has 0 aliphatic rings. The second kappa shape index (κ2) is 5.35. The summed E-state index contributed by atoms with van der Waals surface area (Å²) in [6, 6.07) is 2.63. The van der Waals surface area contributed by atoms with Crippen molar-refractivity contribution in [3.63, 3.8) is 0 Å². The van der Waals surface area contributed by atoms with Gasteiger partial charge in [0, 0.05) is 18.7 Å². The number of aromatic hydroxyl groups is 1. The predicted molar refractivity (Wildman–Crippen MR) is 55.0 cm³/mol. The van der Waals surface area contributed by atoms with Crippen molar-refractivity contribution < 1.29 is 22.7 Å². The van der Waals surface area contributed by atoms with Gasteiger partial charge in [-0.1, -0.05) is 0 Å². The normalized spacial score (nSPS) is 13.7. The molecule has 0 radical (unpaired) electrons. The van der Waals surface area contributed by atoms with Gasteiger partial charge >= 0.3 is 6.18 Å². The van der Waals surface area contributed by atoms with E-state index in [1.165, 1.54) is 13.0 Å². The number of hydrogen-bond acceptors (Lipinski definition) is 2. The predicted octanol–water partition coefficient (Wildman–Crippen LogP) is 2.96. The molecule has 2 N–H and O–H groups in total. The van der Waals surface area contributed by atoms with Gasteiger partial charge in [0.1, 0.15) is 11.6 Å². The lowest BCUT2D eigenvalue weighted by Crippen LogP contribution is -2.30. The first kappa shape index (κ1) is 13.8. The van der Waals surface area contributed by atoms with E-state index < -0.39 is 24.5 Å². The topological polar surface area (TPSA) is 32.3 Å². The Morgan fingerprint density at radius 2 is 1.94 bits per heavy atom. The first-order chi connectivity index (χ1) is 7.76. The molecule has 17 heavy (non-hydrogen) atoms. The highest BCUT2D eigenvalue weighted by molar-refractivity contribution is 5.28. The third kappa shape index (κ3) is 5.53. The van der Waals surface area contributed by atoms with Gasteiger partial charge in [0.25, 0.3) is 0 Å². The van der Waals surface area contributed by atoms with Crippen LogP contribution >= 0.6 is 0 Å². The summed E-state index contributed by atoms with van der Waals surface area (Å²) in [6.45, 7) is 1.47. The molecule has 1 atom stereocenters. The van der Waals surface area contributed by atoms with Crippen LogP contribution in [0.15, 0.2) is 18.2 Å². The lowest BCUT2D eigenvalue weighted by molar-refractivity contribution is -0.139. The lowest BCUT2D eigenvalue weighted by Gasteiger charge is -2.15. The van der Waals surface area contributed by atoms with Crippen molar-refractivity contribution in [1.82, 2.24) is 5.32 Å². The maximum atomic E-state index is 12.9. The molecule has 0 amide bonds. The van der Waals surface area contributed by atoms with Gasteiger partial charge in [0.05, 0.1) is 6.42 Å². The fourth-order valence-electron chi connectivity index (χ4n) is 1.45. The van der Waals surface area contributed by atoms with Gasteiger partial charge in [-0.3, -0.25) is 0 Å². The van der Waals surface area contributed by atoms with E-state index in [4.69, 9.17) is 5.11 Å². The van der Waals surface area contributed by atoms with Crippen molar-refractivity contribution >= 4 is 0 Å². The van der Waals surface area contributed by atoms with Crippen LogP contribution in [0.25, 0.3) is 0 Å². The third-order valence-electron chi connectivity index (χ3n) is 2.13. The van der Waals surface area contributed by atoms with E-state index in [9.17, 15) is 17.6 Å². The van der Waals surface area contributed by atoms with Crippen molar-refractivity contribution in [2.75, 3.05) is 0 Å². The van der Waals surface area contributed by atoms with Crippen LogP contribution < -0.4 is 5.32 Å². The summed E-state index contributed by atoms with van der Waals surface area (Å²) < 4.78 is 48.9. The number of phenolic OH excluding ortho intramolecular Hbond substituents is 1. The molecule has 0 saturated heterocycles. The van der Waals surface area contributed by atoms with Crippen molar-refractivity contribution in [2.45, 2.75) is 32.1 Å². The second-order valence-corrected chi connectivity index (χ2v) is 3.92. The lowest BCUT2D eigenvalue weighted by atomic mass is 10.1.